The van der Waals surface area contributed by atoms with Crippen LogP contribution in [0.4, 0.5) is 0 Å². The van der Waals surface area contributed by atoms with E-state index >= 15 is 0 Å². The molecule has 0 bridgehead atoms. The van der Waals surface area contributed by atoms with Gasteiger partial charge in [0.05, 0.1) is 18.6 Å². The molecule has 0 aromatic carbocycles. The van der Waals surface area contributed by atoms with Crippen molar-refractivity contribution in [3.63, 3.8) is 0 Å². The fourth-order valence-electron chi connectivity index (χ4n) is 3.74. The minimum Gasteiger partial charge on any atom is -0.472 e. The van der Waals surface area contributed by atoms with Gasteiger partial charge in [0.2, 0.25) is 0 Å². The molecule has 0 unspecified atom stereocenters. The number of thioether (sulfide) groups is 1. The second-order valence-electron chi connectivity index (χ2n) is 7.03. The van der Waals surface area contributed by atoms with E-state index in [0.717, 1.165) is 55.8 Å². The van der Waals surface area contributed by atoms with Crippen molar-refractivity contribution in [3.05, 3.63) is 30.0 Å². The van der Waals surface area contributed by atoms with Crippen LogP contribution in [0.5, 0.6) is 0 Å². The smallest absolute Gasteiger partial charge is 0.191 e. The number of ether oxygens (including phenoxy) is 1. The molecule has 2 aromatic heterocycles. The molecule has 2 aromatic rings. The van der Waals surface area contributed by atoms with Gasteiger partial charge < -0.3 is 13.7 Å². The van der Waals surface area contributed by atoms with Crippen LogP contribution in [0, 0.1) is 0 Å². The molecule has 1 atom stereocenters. The topological polar surface area (TPSA) is 56.3 Å². The molecule has 25 heavy (non-hydrogen) atoms. The minimum atomic E-state index is 0.385. The highest BCUT2D eigenvalue weighted by atomic mass is 32.2. The maximum atomic E-state index is 5.70. The Bertz CT molecular complexity index is 659. The lowest BCUT2D eigenvalue weighted by atomic mass is 9.96. The van der Waals surface area contributed by atoms with Crippen LogP contribution in [0.2, 0.25) is 0 Å². The molecule has 6 nitrogen and oxygen atoms in total. The number of nitrogens with zero attached hydrogens (tertiary/aromatic N) is 4. The van der Waals surface area contributed by atoms with Crippen molar-refractivity contribution < 1.29 is 9.15 Å². The molecule has 0 radical (unpaired) electrons. The van der Waals surface area contributed by atoms with Crippen LogP contribution < -0.4 is 0 Å². The first-order valence-electron chi connectivity index (χ1n) is 9.16. The van der Waals surface area contributed by atoms with Crippen molar-refractivity contribution in [2.24, 2.45) is 7.05 Å². The van der Waals surface area contributed by atoms with Gasteiger partial charge in [-0.15, -0.1) is 10.2 Å². The molecular formula is C18H26N4O2S. The van der Waals surface area contributed by atoms with Crippen molar-refractivity contribution in [2.75, 3.05) is 25.4 Å². The molecule has 0 aliphatic carbocycles. The van der Waals surface area contributed by atoms with E-state index in [2.05, 4.69) is 26.7 Å². The quantitative estimate of drug-likeness (QED) is 0.736. The van der Waals surface area contributed by atoms with Crippen molar-refractivity contribution in [1.82, 2.24) is 19.7 Å². The Morgan fingerprint density at radius 3 is 2.84 bits per heavy atom. The van der Waals surface area contributed by atoms with Gasteiger partial charge in [0.25, 0.3) is 0 Å². The second kappa shape index (κ2) is 7.93. The van der Waals surface area contributed by atoms with Crippen LogP contribution in [-0.4, -0.2) is 51.2 Å². The largest absolute Gasteiger partial charge is 0.472 e. The summed E-state index contributed by atoms with van der Waals surface area (Å²) in [5.41, 5.74) is 1.25. The number of hydrogen-bond acceptors (Lipinski definition) is 6. The van der Waals surface area contributed by atoms with E-state index in [0.29, 0.717) is 12.0 Å². The van der Waals surface area contributed by atoms with E-state index in [1.54, 1.807) is 18.0 Å². The molecule has 136 valence electrons. The van der Waals surface area contributed by atoms with E-state index in [-0.39, 0.29) is 0 Å². The van der Waals surface area contributed by atoms with Crippen molar-refractivity contribution in [3.8, 4) is 0 Å². The van der Waals surface area contributed by atoms with Gasteiger partial charge in [0, 0.05) is 37.4 Å². The maximum Gasteiger partial charge on any atom is 0.191 e. The van der Waals surface area contributed by atoms with E-state index in [1.807, 2.05) is 12.3 Å². The molecule has 2 fully saturated rings. The first-order chi connectivity index (χ1) is 12.3. The Labute approximate surface area is 152 Å². The number of furan rings is 1. The van der Waals surface area contributed by atoms with E-state index < -0.39 is 0 Å². The third-order valence-corrected chi connectivity index (χ3v) is 6.38. The molecule has 2 aliphatic heterocycles. The molecular weight excluding hydrogens is 336 g/mol. The van der Waals surface area contributed by atoms with Gasteiger partial charge in [0.15, 0.2) is 5.16 Å². The zero-order valence-electron chi connectivity index (χ0n) is 14.8. The summed E-state index contributed by atoms with van der Waals surface area (Å²) in [7, 11) is 2.10. The molecule has 0 saturated carbocycles. The van der Waals surface area contributed by atoms with Gasteiger partial charge in [-0.1, -0.05) is 11.8 Å². The summed E-state index contributed by atoms with van der Waals surface area (Å²) in [6.45, 7) is 4.08. The fraction of sp³-hybridized carbons (Fsp3) is 0.667. The Morgan fingerprint density at radius 2 is 2.12 bits per heavy atom. The lowest BCUT2D eigenvalue weighted by Gasteiger charge is -2.31. The zero-order valence-corrected chi connectivity index (χ0v) is 15.6. The second-order valence-corrected chi connectivity index (χ2v) is 8.01. The van der Waals surface area contributed by atoms with Crippen LogP contribution in [0.15, 0.2) is 28.2 Å². The Morgan fingerprint density at radius 1 is 1.24 bits per heavy atom. The van der Waals surface area contributed by atoms with Crippen molar-refractivity contribution in [1.29, 1.82) is 0 Å². The van der Waals surface area contributed by atoms with E-state index in [4.69, 9.17) is 9.15 Å². The standard InChI is InChI=1S/C18H26N4O2S/c1-21-17(19-20-18(21)25-13-16-3-2-9-24-16)15-4-7-22(8-5-15)11-14-6-10-23-12-14/h6,10,12,15-16H,2-5,7-9,11,13H2,1H3/t16-/m1/s1. The number of rotatable bonds is 6. The lowest BCUT2D eigenvalue weighted by Crippen LogP contribution is -2.33. The molecule has 4 heterocycles. The van der Waals surface area contributed by atoms with Crippen molar-refractivity contribution >= 4 is 11.8 Å². The van der Waals surface area contributed by atoms with Crippen LogP contribution >= 0.6 is 11.8 Å². The summed E-state index contributed by atoms with van der Waals surface area (Å²) in [5, 5.41) is 9.95. The predicted octanol–water partition coefficient (Wildman–Crippen LogP) is 3.06. The van der Waals surface area contributed by atoms with Crippen LogP contribution in [-0.2, 0) is 18.3 Å². The summed E-state index contributed by atoms with van der Waals surface area (Å²) < 4.78 is 13.1. The van der Waals surface area contributed by atoms with Crippen LogP contribution in [0.3, 0.4) is 0 Å². The number of aromatic nitrogens is 3. The highest BCUT2D eigenvalue weighted by Crippen LogP contribution is 2.30. The molecule has 2 aliphatic rings. The predicted molar refractivity (Wildman–Crippen MR) is 96.7 cm³/mol. The number of likely N-dealkylation sites (tertiary alicyclic amines) is 1. The summed E-state index contributed by atoms with van der Waals surface area (Å²) in [6.07, 6.45) is 8.61. The average Bonchev–Trinajstić information content (AvgIpc) is 3.37. The Kier molecular flexibility index (Phi) is 5.43. The van der Waals surface area contributed by atoms with E-state index in [1.165, 1.54) is 18.4 Å². The van der Waals surface area contributed by atoms with Crippen LogP contribution in [0.1, 0.15) is 43.0 Å². The summed E-state index contributed by atoms with van der Waals surface area (Å²) >= 11 is 1.78. The summed E-state index contributed by atoms with van der Waals surface area (Å²) in [5.74, 6) is 2.63. The maximum absolute atomic E-state index is 5.70. The monoisotopic (exact) mass is 362 g/mol. The number of piperidine rings is 1. The molecule has 2 saturated heterocycles. The zero-order chi connectivity index (χ0) is 17.1. The van der Waals surface area contributed by atoms with Gasteiger partial charge in [-0.25, -0.2) is 0 Å². The van der Waals surface area contributed by atoms with Gasteiger partial charge in [-0.05, 0) is 44.8 Å². The normalized spacial score (nSPS) is 22.7. The third kappa shape index (κ3) is 4.10. The Hall–Kier alpha value is -1.31. The summed E-state index contributed by atoms with van der Waals surface area (Å²) in [4.78, 5) is 2.49. The highest BCUT2D eigenvalue weighted by Gasteiger charge is 2.26. The molecule has 4 rings (SSSR count). The van der Waals surface area contributed by atoms with Gasteiger partial charge in [0.1, 0.15) is 5.82 Å². The van der Waals surface area contributed by atoms with Gasteiger partial charge >= 0.3 is 0 Å². The highest BCUT2D eigenvalue weighted by molar-refractivity contribution is 7.99. The average molecular weight is 362 g/mol. The Balaban J connectivity index is 1.30. The lowest BCUT2D eigenvalue weighted by molar-refractivity contribution is 0.129. The minimum absolute atomic E-state index is 0.385. The van der Waals surface area contributed by atoms with Crippen molar-refractivity contribution in [2.45, 2.75) is 49.4 Å². The first-order valence-corrected chi connectivity index (χ1v) is 10.2. The van der Waals surface area contributed by atoms with Gasteiger partial charge in [-0.2, -0.15) is 0 Å². The third-order valence-electron chi connectivity index (χ3n) is 5.23. The molecule has 0 spiro atoms. The molecule has 0 amide bonds. The molecule has 0 N–H and O–H groups in total. The van der Waals surface area contributed by atoms with Crippen LogP contribution in [0.25, 0.3) is 0 Å². The first kappa shape index (κ1) is 17.1. The molecule has 7 heteroatoms. The fourth-order valence-corrected chi connectivity index (χ4v) is 4.72. The number of hydrogen-bond donors (Lipinski definition) is 0. The van der Waals surface area contributed by atoms with E-state index in [9.17, 15) is 0 Å². The SMILES string of the molecule is Cn1c(SC[C@H]2CCCO2)nnc1C1CCN(Cc2ccoc2)CC1. The van der Waals surface area contributed by atoms with Gasteiger partial charge in [-0.3, -0.25) is 4.90 Å². The summed E-state index contributed by atoms with van der Waals surface area (Å²) in [6, 6.07) is 2.05.